The predicted molar refractivity (Wildman–Crippen MR) is 121 cm³/mol. The molecule has 1 aliphatic rings. The summed E-state index contributed by atoms with van der Waals surface area (Å²) < 4.78 is 44.5. The minimum atomic E-state index is -3.82. The number of hydrogen-bond donors (Lipinski definition) is 1. The first-order valence-electron chi connectivity index (χ1n) is 10.4. The summed E-state index contributed by atoms with van der Waals surface area (Å²) in [6, 6.07) is 13.4. The van der Waals surface area contributed by atoms with Crippen molar-refractivity contribution in [2.45, 2.75) is 30.4 Å². The Balaban J connectivity index is 1.74. The van der Waals surface area contributed by atoms with Crippen molar-refractivity contribution < 1.29 is 22.6 Å². The SMILES string of the molecule is COc1cc2cc(CN(CC3CCCO3)S(=O)(=O)c3ccccc3)c(=O)[nH]c2cc1OC. The molecular weight excluding hydrogens is 432 g/mol. The van der Waals surface area contributed by atoms with Crippen LogP contribution in [0.1, 0.15) is 18.4 Å². The number of fused-ring (bicyclic) bond motifs is 1. The molecule has 8 nitrogen and oxygen atoms in total. The smallest absolute Gasteiger partial charge is 0.252 e. The van der Waals surface area contributed by atoms with E-state index in [0.29, 0.717) is 34.6 Å². The van der Waals surface area contributed by atoms with Gasteiger partial charge in [0.25, 0.3) is 5.56 Å². The molecule has 1 aliphatic heterocycles. The number of methoxy groups -OCH3 is 2. The van der Waals surface area contributed by atoms with Gasteiger partial charge in [-0.15, -0.1) is 0 Å². The Hall–Kier alpha value is -2.88. The largest absolute Gasteiger partial charge is 0.493 e. The minimum Gasteiger partial charge on any atom is -0.493 e. The van der Waals surface area contributed by atoms with Crippen LogP contribution in [0.4, 0.5) is 0 Å². The van der Waals surface area contributed by atoms with Crippen LogP contribution in [0.5, 0.6) is 11.5 Å². The summed E-state index contributed by atoms with van der Waals surface area (Å²) in [6.07, 6.45) is 1.48. The van der Waals surface area contributed by atoms with Gasteiger partial charge in [0.05, 0.1) is 30.7 Å². The van der Waals surface area contributed by atoms with E-state index in [1.165, 1.54) is 18.5 Å². The Labute approximate surface area is 186 Å². The average molecular weight is 459 g/mol. The van der Waals surface area contributed by atoms with Crippen LogP contribution in [0, 0.1) is 0 Å². The van der Waals surface area contributed by atoms with Crippen LogP contribution in [-0.4, -0.2) is 51.2 Å². The van der Waals surface area contributed by atoms with Crippen LogP contribution in [-0.2, 0) is 21.3 Å². The van der Waals surface area contributed by atoms with Crippen molar-refractivity contribution in [1.82, 2.24) is 9.29 Å². The number of aromatic amines is 1. The molecule has 1 N–H and O–H groups in total. The van der Waals surface area contributed by atoms with Crippen LogP contribution in [0.15, 0.2) is 58.2 Å². The van der Waals surface area contributed by atoms with Gasteiger partial charge in [0, 0.05) is 36.7 Å². The normalized spacial score (nSPS) is 16.5. The third-order valence-corrected chi connectivity index (χ3v) is 7.41. The van der Waals surface area contributed by atoms with Crippen molar-refractivity contribution in [2.24, 2.45) is 0 Å². The lowest BCUT2D eigenvalue weighted by Crippen LogP contribution is -2.38. The first-order chi connectivity index (χ1) is 15.4. The highest BCUT2D eigenvalue weighted by atomic mass is 32.2. The Morgan fingerprint density at radius 3 is 2.47 bits per heavy atom. The summed E-state index contributed by atoms with van der Waals surface area (Å²) in [4.78, 5) is 15.9. The van der Waals surface area contributed by atoms with Crippen molar-refractivity contribution in [1.29, 1.82) is 0 Å². The molecule has 0 bridgehead atoms. The molecule has 170 valence electrons. The Kier molecular flexibility index (Phi) is 6.50. The zero-order valence-corrected chi connectivity index (χ0v) is 18.9. The maximum absolute atomic E-state index is 13.4. The monoisotopic (exact) mass is 458 g/mol. The van der Waals surface area contributed by atoms with Gasteiger partial charge in [0.15, 0.2) is 11.5 Å². The number of aromatic nitrogens is 1. The quantitative estimate of drug-likeness (QED) is 0.557. The molecule has 0 amide bonds. The van der Waals surface area contributed by atoms with Crippen LogP contribution in [0.25, 0.3) is 10.9 Å². The number of pyridine rings is 1. The summed E-state index contributed by atoms with van der Waals surface area (Å²) in [6.45, 7) is 0.722. The molecule has 3 aromatic rings. The van der Waals surface area contributed by atoms with Gasteiger partial charge in [-0.05, 0) is 37.1 Å². The average Bonchev–Trinajstić information content (AvgIpc) is 3.32. The lowest BCUT2D eigenvalue weighted by atomic mass is 10.1. The van der Waals surface area contributed by atoms with Crippen molar-refractivity contribution in [3.8, 4) is 11.5 Å². The number of benzene rings is 2. The molecule has 1 atom stereocenters. The molecule has 0 saturated carbocycles. The first-order valence-corrected chi connectivity index (χ1v) is 11.8. The highest BCUT2D eigenvalue weighted by molar-refractivity contribution is 7.89. The number of sulfonamides is 1. The standard InChI is InChI=1S/C23H26N2O6S/c1-29-21-12-16-11-17(23(26)24-20(16)13-22(21)30-2)14-25(15-18-7-6-10-31-18)32(27,28)19-8-4-3-5-9-19/h3-5,8-9,11-13,18H,6-7,10,14-15H2,1-2H3,(H,24,26). The summed E-state index contributed by atoms with van der Waals surface area (Å²) in [5.74, 6) is 1.01. The molecule has 0 radical (unpaired) electrons. The Bertz CT molecular complexity index is 1250. The van der Waals surface area contributed by atoms with E-state index < -0.39 is 10.0 Å². The summed E-state index contributed by atoms with van der Waals surface area (Å²) in [5, 5.41) is 0.714. The maximum Gasteiger partial charge on any atom is 0.252 e. The first kappa shape index (κ1) is 22.3. The van der Waals surface area contributed by atoms with E-state index in [9.17, 15) is 13.2 Å². The molecule has 1 aromatic heterocycles. The van der Waals surface area contributed by atoms with Gasteiger partial charge in [-0.25, -0.2) is 8.42 Å². The van der Waals surface area contributed by atoms with E-state index in [-0.39, 0.29) is 29.6 Å². The maximum atomic E-state index is 13.4. The van der Waals surface area contributed by atoms with E-state index in [1.54, 1.807) is 48.5 Å². The zero-order chi connectivity index (χ0) is 22.7. The lowest BCUT2D eigenvalue weighted by molar-refractivity contribution is 0.0925. The minimum absolute atomic E-state index is 0.0727. The third-order valence-electron chi connectivity index (χ3n) is 5.58. The van der Waals surface area contributed by atoms with Crippen molar-refractivity contribution in [3.05, 3.63) is 64.4 Å². The molecule has 0 spiro atoms. The second-order valence-electron chi connectivity index (χ2n) is 7.66. The van der Waals surface area contributed by atoms with E-state index >= 15 is 0 Å². The van der Waals surface area contributed by atoms with Gasteiger partial charge in [0.1, 0.15) is 0 Å². The molecule has 1 unspecified atom stereocenters. The van der Waals surface area contributed by atoms with Crippen LogP contribution in [0.3, 0.4) is 0 Å². The van der Waals surface area contributed by atoms with Crippen LogP contribution < -0.4 is 15.0 Å². The van der Waals surface area contributed by atoms with Crippen molar-refractivity contribution in [3.63, 3.8) is 0 Å². The molecule has 32 heavy (non-hydrogen) atoms. The number of nitrogens with one attached hydrogen (secondary N) is 1. The van der Waals surface area contributed by atoms with Gasteiger partial charge < -0.3 is 19.2 Å². The van der Waals surface area contributed by atoms with E-state index in [1.807, 2.05) is 0 Å². The number of ether oxygens (including phenoxy) is 3. The van der Waals surface area contributed by atoms with E-state index in [2.05, 4.69) is 4.98 Å². The molecule has 1 fully saturated rings. The van der Waals surface area contributed by atoms with Gasteiger partial charge in [-0.2, -0.15) is 4.31 Å². The molecular formula is C23H26N2O6S. The molecule has 9 heteroatoms. The Morgan fingerprint density at radius 2 is 1.81 bits per heavy atom. The summed E-state index contributed by atoms with van der Waals surface area (Å²) in [5.41, 5.74) is 0.556. The van der Waals surface area contributed by atoms with Crippen LogP contribution >= 0.6 is 0 Å². The second-order valence-corrected chi connectivity index (χ2v) is 9.60. The fourth-order valence-corrected chi connectivity index (χ4v) is 5.36. The number of H-pyrrole nitrogens is 1. The number of nitrogens with zero attached hydrogens (tertiary/aromatic N) is 1. The highest BCUT2D eigenvalue weighted by Gasteiger charge is 2.30. The molecule has 2 aromatic carbocycles. The fourth-order valence-electron chi connectivity index (χ4n) is 3.89. The predicted octanol–water partition coefficient (Wildman–Crippen LogP) is 2.92. The molecule has 0 aliphatic carbocycles. The van der Waals surface area contributed by atoms with Gasteiger partial charge >= 0.3 is 0 Å². The summed E-state index contributed by atoms with van der Waals surface area (Å²) in [7, 11) is -0.769. The van der Waals surface area contributed by atoms with Gasteiger partial charge in [-0.3, -0.25) is 4.79 Å². The second kappa shape index (κ2) is 9.32. The molecule has 1 saturated heterocycles. The molecule has 2 heterocycles. The zero-order valence-electron chi connectivity index (χ0n) is 18.0. The topological polar surface area (TPSA) is 97.9 Å². The Morgan fingerprint density at radius 1 is 1.09 bits per heavy atom. The highest BCUT2D eigenvalue weighted by Crippen LogP contribution is 2.31. The van der Waals surface area contributed by atoms with Gasteiger partial charge in [-0.1, -0.05) is 18.2 Å². The summed E-state index contributed by atoms with van der Waals surface area (Å²) >= 11 is 0. The van der Waals surface area contributed by atoms with Crippen molar-refractivity contribution in [2.75, 3.05) is 27.4 Å². The molecule has 4 rings (SSSR count). The van der Waals surface area contributed by atoms with Gasteiger partial charge in [0.2, 0.25) is 10.0 Å². The number of hydrogen-bond acceptors (Lipinski definition) is 6. The van der Waals surface area contributed by atoms with E-state index in [4.69, 9.17) is 14.2 Å². The third kappa shape index (κ3) is 4.50. The lowest BCUT2D eigenvalue weighted by Gasteiger charge is -2.25. The van der Waals surface area contributed by atoms with Crippen molar-refractivity contribution >= 4 is 20.9 Å². The van der Waals surface area contributed by atoms with Crippen LogP contribution in [0.2, 0.25) is 0 Å². The number of rotatable bonds is 8. The fraction of sp³-hybridized carbons (Fsp3) is 0.348. The van der Waals surface area contributed by atoms with E-state index in [0.717, 1.165) is 12.8 Å².